The van der Waals surface area contributed by atoms with Crippen LogP contribution in [-0.4, -0.2) is 5.91 Å². The molecule has 0 bridgehead atoms. The summed E-state index contributed by atoms with van der Waals surface area (Å²) in [6, 6.07) is 9.64. The van der Waals surface area contributed by atoms with E-state index in [2.05, 4.69) is 21.2 Å². The normalized spacial score (nSPS) is 12.0. The first-order chi connectivity index (χ1) is 9.47. The van der Waals surface area contributed by atoms with Crippen LogP contribution in [0.1, 0.15) is 28.9 Å². The molecule has 2 rings (SSSR count). The predicted octanol–water partition coefficient (Wildman–Crippen LogP) is 4.22. The monoisotopic (exact) mass is 339 g/mol. The molecule has 0 spiro atoms. The van der Waals surface area contributed by atoms with Crippen molar-refractivity contribution >= 4 is 21.8 Å². The van der Waals surface area contributed by atoms with E-state index in [0.29, 0.717) is 10.0 Å². The first-order valence-electron chi connectivity index (χ1n) is 5.99. The van der Waals surface area contributed by atoms with Crippen LogP contribution in [0, 0.1) is 11.6 Å². The van der Waals surface area contributed by atoms with E-state index in [-0.39, 0.29) is 11.4 Å². The molecule has 0 aliphatic rings. The highest BCUT2D eigenvalue weighted by molar-refractivity contribution is 9.10. The van der Waals surface area contributed by atoms with Crippen LogP contribution in [0.2, 0.25) is 0 Å². The van der Waals surface area contributed by atoms with E-state index in [9.17, 15) is 13.6 Å². The fourth-order valence-corrected chi connectivity index (χ4v) is 2.17. The summed E-state index contributed by atoms with van der Waals surface area (Å²) < 4.78 is 27.3. The molecule has 2 aromatic carbocycles. The number of hydrogen-bond donors (Lipinski definition) is 1. The summed E-state index contributed by atoms with van der Waals surface area (Å²) in [5.74, 6) is -1.52. The first-order valence-corrected chi connectivity index (χ1v) is 6.78. The Morgan fingerprint density at radius 3 is 2.65 bits per heavy atom. The second kappa shape index (κ2) is 6.13. The van der Waals surface area contributed by atoms with Crippen LogP contribution in [0.15, 0.2) is 46.9 Å². The zero-order valence-corrected chi connectivity index (χ0v) is 12.2. The Balaban J connectivity index is 2.17. The molecule has 1 atom stereocenters. The highest BCUT2D eigenvalue weighted by Crippen LogP contribution is 2.18. The average molecular weight is 340 g/mol. The van der Waals surface area contributed by atoms with Crippen molar-refractivity contribution in [2.24, 2.45) is 0 Å². The quantitative estimate of drug-likeness (QED) is 0.891. The van der Waals surface area contributed by atoms with Crippen molar-refractivity contribution in [3.8, 4) is 0 Å². The van der Waals surface area contributed by atoms with Crippen LogP contribution in [0.5, 0.6) is 0 Å². The summed E-state index contributed by atoms with van der Waals surface area (Å²) in [4.78, 5) is 12.0. The smallest absolute Gasteiger partial charge is 0.254 e. The minimum Gasteiger partial charge on any atom is -0.345 e. The molecule has 0 saturated heterocycles. The Morgan fingerprint density at radius 1 is 1.20 bits per heavy atom. The molecule has 1 unspecified atom stereocenters. The average Bonchev–Trinajstić information content (AvgIpc) is 2.41. The fourth-order valence-electron chi connectivity index (χ4n) is 1.81. The maximum Gasteiger partial charge on any atom is 0.254 e. The molecule has 0 fully saturated rings. The molecule has 20 heavy (non-hydrogen) atoms. The molecule has 0 radical (unpaired) electrons. The van der Waals surface area contributed by atoms with E-state index in [1.165, 1.54) is 30.3 Å². The highest BCUT2D eigenvalue weighted by Gasteiger charge is 2.15. The van der Waals surface area contributed by atoms with Gasteiger partial charge in [0.05, 0.1) is 11.6 Å². The third kappa shape index (κ3) is 3.42. The van der Waals surface area contributed by atoms with Crippen LogP contribution < -0.4 is 5.32 Å². The van der Waals surface area contributed by atoms with Gasteiger partial charge >= 0.3 is 0 Å². The summed E-state index contributed by atoms with van der Waals surface area (Å²) >= 11 is 3.19. The molecule has 0 aromatic heterocycles. The SMILES string of the molecule is CC(NC(=O)c1cc(Br)ccc1F)c1cccc(F)c1. The molecule has 2 aromatic rings. The van der Waals surface area contributed by atoms with Crippen molar-refractivity contribution in [3.63, 3.8) is 0 Å². The Labute approximate surface area is 123 Å². The standard InChI is InChI=1S/C15H12BrF2NO/c1-9(10-3-2-4-12(17)7-10)19-15(20)13-8-11(16)5-6-14(13)18/h2-9H,1H3,(H,19,20). The van der Waals surface area contributed by atoms with Gasteiger partial charge in [-0.15, -0.1) is 0 Å². The Hall–Kier alpha value is -1.75. The van der Waals surface area contributed by atoms with Crippen molar-refractivity contribution in [2.45, 2.75) is 13.0 Å². The number of halogens is 3. The highest BCUT2D eigenvalue weighted by atomic mass is 79.9. The van der Waals surface area contributed by atoms with Crippen molar-refractivity contribution in [2.75, 3.05) is 0 Å². The Kier molecular flexibility index (Phi) is 4.49. The van der Waals surface area contributed by atoms with Gasteiger partial charge in [-0.05, 0) is 42.8 Å². The number of carbonyl (C=O) groups is 1. The van der Waals surface area contributed by atoms with Crippen LogP contribution >= 0.6 is 15.9 Å². The topological polar surface area (TPSA) is 29.1 Å². The maximum atomic E-state index is 13.6. The summed E-state index contributed by atoms with van der Waals surface area (Å²) in [7, 11) is 0. The Morgan fingerprint density at radius 2 is 1.95 bits per heavy atom. The van der Waals surface area contributed by atoms with Crippen molar-refractivity contribution in [1.29, 1.82) is 0 Å². The van der Waals surface area contributed by atoms with Gasteiger partial charge in [0.25, 0.3) is 5.91 Å². The molecular weight excluding hydrogens is 328 g/mol. The van der Waals surface area contributed by atoms with Gasteiger partial charge in [0.1, 0.15) is 11.6 Å². The molecule has 1 amide bonds. The Bertz CT molecular complexity index is 646. The third-order valence-electron chi connectivity index (χ3n) is 2.87. The lowest BCUT2D eigenvalue weighted by molar-refractivity contribution is 0.0935. The van der Waals surface area contributed by atoms with E-state index < -0.39 is 17.8 Å². The largest absolute Gasteiger partial charge is 0.345 e. The molecule has 104 valence electrons. The van der Waals surface area contributed by atoms with Crippen molar-refractivity contribution in [1.82, 2.24) is 5.32 Å². The number of carbonyl (C=O) groups excluding carboxylic acids is 1. The summed E-state index contributed by atoms with van der Waals surface area (Å²) in [5, 5.41) is 2.64. The van der Waals surface area contributed by atoms with Gasteiger partial charge in [0.2, 0.25) is 0 Å². The fraction of sp³-hybridized carbons (Fsp3) is 0.133. The predicted molar refractivity (Wildman–Crippen MR) is 76.4 cm³/mol. The van der Waals surface area contributed by atoms with Gasteiger partial charge in [-0.2, -0.15) is 0 Å². The summed E-state index contributed by atoms with van der Waals surface area (Å²) in [5.41, 5.74) is 0.566. The minimum absolute atomic E-state index is 0.0531. The number of nitrogens with one attached hydrogen (secondary N) is 1. The molecular formula is C15H12BrF2NO. The number of amides is 1. The molecule has 0 aliphatic carbocycles. The number of benzene rings is 2. The van der Waals surface area contributed by atoms with E-state index in [1.54, 1.807) is 19.1 Å². The molecule has 1 N–H and O–H groups in total. The number of rotatable bonds is 3. The van der Waals surface area contributed by atoms with Gasteiger partial charge in [0, 0.05) is 4.47 Å². The van der Waals surface area contributed by atoms with E-state index in [4.69, 9.17) is 0 Å². The molecule has 0 aliphatic heterocycles. The van der Waals surface area contributed by atoms with Crippen LogP contribution in [0.3, 0.4) is 0 Å². The van der Waals surface area contributed by atoms with Gasteiger partial charge in [-0.3, -0.25) is 4.79 Å². The van der Waals surface area contributed by atoms with E-state index in [1.807, 2.05) is 0 Å². The second-order valence-corrected chi connectivity index (χ2v) is 5.29. The lowest BCUT2D eigenvalue weighted by Gasteiger charge is -2.15. The van der Waals surface area contributed by atoms with Crippen molar-refractivity contribution in [3.05, 3.63) is 69.7 Å². The van der Waals surface area contributed by atoms with Crippen LogP contribution in [0.25, 0.3) is 0 Å². The van der Waals surface area contributed by atoms with Gasteiger partial charge in [-0.1, -0.05) is 28.1 Å². The van der Waals surface area contributed by atoms with E-state index >= 15 is 0 Å². The second-order valence-electron chi connectivity index (χ2n) is 4.37. The lowest BCUT2D eigenvalue weighted by atomic mass is 10.1. The van der Waals surface area contributed by atoms with Gasteiger partial charge in [-0.25, -0.2) is 8.78 Å². The van der Waals surface area contributed by atoms with Crippen LogP contribution in [0.4, 0.5) is 8.78 Å². The molecule has 0 heterocycles. The summed E-state index contributed by atoms with van der Waals surface area (Å²) in [6.07, 6.45) is 0. The van der Waals surface area contributed by atoms with Gasteiger partial charge < -0.3 is 5.32 Å². The molecule has 2 nitrogen and oxygen atoms in total. The zero-order valence-electron chi connectivity index (χ0n) is 10.7. The van der Waals surface area contributed by atoms with Crippen LogP contribution in [-0.2, 0) is 0 Å². The molecule has 5 heteroatoms. The summed E-state index contributed by atoms with van der Waals surface area (Å²) in [6.45, 7) is 1.71. The van der Waals surface area contributed by atoms with Crippen molar-refractivity contribution < 1.29 is 13.6 Å². The lowest BCUT2D eigenvalue weighted by Crippen LogP contribution is -2.27. The number of hydrogen-bond acceptors (Lipinski definition) is 1. The first kappa shape index (κ1) is 14.7. The zero-order chi connectivity index (χ0) is 14.7. The maximum absolute atomic E-state index is 13.6. The minimum atomic E-state index is -0.600. The van der Waals surface area contributed by atoms with Gasteiger partial charge in [0.15, 0.2) is 0 Å². The third-order valence-corrected chi connectivity index (χ3v) is 3.36. The van der Waals surface area contributed by atoms with E-state index in [0.717, 1.165) is 0 Å². The molecule has 0 saturated carbocycles.